The molecule has 0 bridgehead atoms. The Bertz CT molecular complexity index is 374. The molecule has 3 N–H and O–H groups in total. The molecule has 0 spiro atoms. The Hall–Kier alpha value is -1.06. The summed E-state index contributed by atoms with van der Waals surface area (Å²) in [5.74, 6) is 0.326. The molecule has 1 aliphatic rings. The molecule has 3 nitrogen and oxygen atoms in total. The van der Waals surface area contributed by atoms with Crippen molar-refractivity contribution in [2.24, 2.45) is 0 Å². The van der Waals surface area contributed by atoms with Crippen LogP contribution >= 0.6 is 0 Å². The lowest BCUT2D eigenvalue weighted by molar-refractivity contribution is -0.0334. The molecular formula is C14H21NO2. The van der Waals surface area contributed by atoms with Crippen LogP contribution in [0.3, 0.4) is 0 Å². The van der Waals surface area contributed by atoms with Crippen LogP contribution in [-0.4, -0.2) is 22.4 Å². The number of para-hydroxylation sites is 1. The topological polar surface area (TPSA) is 52.5 Å². The minimum atomic E-state index is -0.516. The molecule has 2 rings (SSSR count). The highest BCUT2D eigenvalue weighted by atomic mass is 16.3. The van der Waals surface area contributed by atoms with Gasteiger partial charge in [-0.05, 0) is 31.7 Å². The molecule has 0 aromatic heterocycles. The van der Waals surface area contributed by atoms with E-state index in [9.17, 15) is 10.2 Å². The number of rotatable bonds is 5. The maximum Gasteiger partial charge on any atom is 0.120 e. The molecule has 1 aromatic carbocycles. The lowest BCUT2D eigenvalue weighted by Gasteiger charge is -2.38. The van der Waals surface area contributed by atoms with Gasteiger partial charge in [-0.25, -0.2) is 0 Å². The number of nitrogens with one attached hydrogen (secondary N) is 1. The van der Waals surface area contributed by atoms with Gasteiger partial charge in [-0.2, -0.15) is 0 Å². The smallest absolute Gasteiger partial charge is 0.120 e. The maximum absolute atomic E-state index is 10.0. The number of aromatic hydroxyl groups is 1. The van der Waals surface area contributed by atoms with Crippen molar-refractivity contribution in [3.8, 4) is 5.75 Å². The summed E-state index contributed by atoms with van der Waals surface area (Å²) in [7, 11) is 0. The van der Waals surface area contributed by atoms with Crippen LogP contribution in [0.15, 0.2) is 24.3 Å². The summed E-state index contributed by atoms with van der Waals surface area (Å²) >= 11 is 0. The van der Waals surface area contributed by atoms with Crippen molar-refractivity contribution in [2.75, 3.05) is 6.54 Å². The third-order valence-corrected chi connectivity index (χ3v) is 3.68. The van der Waals surface area contributed by atoms with Crippen molar-refractivity contribution >= 4 is 0 Å². The van der Waals surface area contributed by atoms with Gasteiger partial charge in [0.05, 0.1) is 5.60 Å². The van der Waals surface area contributed by atoms with Gasteiger partial charge in [-0.3, -0.25) is 0 Å². The molecule has 3 heteroatoms. The Morgan fingerprint density at radius 2 is 2.06 bits per heavy atom. The van der Waals surface area contributed by atoms with Gasteiger partial charge in [0.1, 0.15) is 5.75 Å². The fourth-order valence-electron chi connectivity index (χ4n) is 2.33. The maximum atomic E-state index is 10.0. The molecule has 0 aliphatic heterocycles. The first-order valence-corrected chi connectivity index (χ1v) is 6.38. The van der Waals surface area contributed by atoms with Crippen molar-refractivity contribution in [1.82, 2.24) is 5.32 Å². The molecule has 1 fully saturated rings. The quantitative estimate of drug-likeness (QED) is 0.734. The van der Waals surface area contributed by atoms with E-state index in [2.05, 4.69) is 12.2 Å². The average molecular weight is 235 g/mol. The standard InChI is InChI=1S/C14H21NO2/c1-2-12(11-6-3-4-7-13(11)16)15-10-14(17)8-5-9-14/h3-4,6-7,12,15-17H,2,5,8-10H2,1H3. The van der Waals surface area contributed by atoms with Crippen LogP contribution in [0.2, 0.25) is 0 Å². The zero-order valence-electron chi connectivity index (χ0n) is 10.3. The molecule has 1 atom stereocenters. The van der Waals surface area contributed by atoms with Gasteiger partial charge in [0.2, 0.25) is 0 Å². The second-order valence-electron chi connectivity index (χ2n) is 4.98. The van der Waals surface area contributed by atoms with Crippen molar-refractivity contribution < 1.29 is 10.2 Å². The Morgan fingerprint density at radius 3 is 2.59 bits per heavy atom. The van der Waals surface area contributed by atoms with Crippen LogP contribution in [0.4, 0.5) is 0 Å². The monoisotopic (exact) mass is 235 g/mol. The Kier molecular flexibility index (Phi) is 3.69. The highest BCUT2D eigenvalue weighted by Gasteiger charge is 2.34. The summed E-state index contributed by atoms with van der Waals surface area (Å²) in [6, 6.07) is 7.50. The largest absolute Gasteiger partial charge is 0.508 e. The average Bonchev–Trinajstić information content (AvgIpc) is 2.29. The Morgan fingerprint density at radius 1 is 1.35 bits per heavy atom. The minimum absolute atomic E-state index is 0.112. The first-order chi connectivity index (χ1) is 8.14. The number of phenolic OH excluding ortho intramolecular Hbond substituents is 1. The number of phenols is 1. The summed E-state index contributed by atoms with van der Waals surface area (Å²) in [5.41, 5.74) is 0.399. The van der Waals surface area contributed by atoms with Gasteiger partial charge in [-0.1, -0.05) is 25.1 Å². The molecule has 1 saturated carbocycles. The molecule has 0 saturated heterocycles. The van der Waals surface area contributed by atoms with Crippen molar-refractivity contribution in [3.63, 3.8) is 0 Å². The predicted molar refractivity (Wildman–Crippen MR) is 67.9 cm³/mol. The van der Waals surface area contributed by atoms with E-state index in [-0.39, 0.29) is 6.04 Å². The molecule has 1 aromatic rings. The lowest BCUT2D eigenvalue weighted by Crippen LogP contribution is -2.47. The van der Waals surface area contributed by atoms with Crippen LogP contribution < -0.4 is 5.32 Å². The summed E-state index contributed by atoms with van der Waals surface area (Å²) in [4.78, 5) is 0. The highest BCUT2D eigenvalue weighted by Crippen LogP contribution is 2.32. The molecule has 94 valence electrons. The molecule has 0 amide bonds. The summed E-state index contributed by atoms with van der Waals surface area (Å²) in [6.07, 6.45) is 3.79. The molecule has 0 heterocycles. The van der Waals surface area contributed by atoms with Gasteiger partial charge < -0.3 is 15.5 Å². The van der Waals surface area contributed by atoms with Crippen LogP contribution in [0.25, 0.3) is 0 Å². The second-order valence-corrected chi connectivity index (χ2v) is 4.98. The number of hydrogen-bond donors (Lipinski definition) is 3. The van der Waals surface area contributed by atoms with Crippen LogP contribution in [0, 0.1) is 0 Å². The van der Waals surface area contributed by atoms with Crippen molar-refractivity contribution in [2.45, 2.75) is 44.2 Å². The lowest BCUT2D eigenvalue weighted by atomic mass is 9.80. The van der Waals surface area contributed by atoms with Crippen molar-refractivity contribution in [1.29, 1.82) is 0 Å². The van der Waals surface area contributed by atoms with E-state index in [1.807, 2.05) is 18.2 Å². The number of benzene rings is 1. The Balaban J connectivity index is 1.99. The van der Waals surface area contributed by atoms with E-state index < -0.39 is 5.60 Å². The fraction of sp³-hybridized carbons (Fsp3) is 0.571. The zero-order valence-corrected chi connectivity index (χ0v) is 10.3. The first-order valence-electron chi connectivity index (χ1n) is 6.38. The molecular weight excluding hydrogens is 214 g/mol. The third kappa shape index (κ3) is 2.79. The van der Waals surface area contributed by atoms with E-state index >= 15 is 0 Å². The van der Waals surface area contributed by atoms with Crippen molar-refractivity contribution in [3.05, 3.63) is 29.8 Å². The second kappa shape index (κ2) is 5.07. The summed E-state index contributed by atoms with van der Waals surface area (Å²) in [6.45, 7) is 2.69. The van der Waals surface area contributed by atoms with Gasteiger partial charge in [-0.15, -0.1) is 0 Å². The SMILES string of the molecule is CCC(NCC1(O)CCC1)c1ccccc1O. The minimum Gasteiger partial charge on any atom is -0.508 e. The first kappa shape index (κ1) is 12.4. The van der Waals surface area contributed by atoms with E-state index in [0.717, 1.165) is 31.2 Å². The summed E-state index contributed by atoms with van der Waals surface area (Å²) in [5, 5.41) is 23.2. The molecule has 1 aliphatic carbocycles. The third-order valence-electron chi connectivity index (χ3n) is 3.68. The van der Waals surface area contributed by atoms with E-state index in [4.69, 9.17) is 0 Å². The molecule has 1 unspecified atom stereocenters. The van der Waals surface area contributed by atoms with Crippen LogP contribution in [-0.2, 0) is 0 Å². The zero-order chi connectivity index (χ0) is 12.3. The predicted octanol–water partition coefficient (Wildman–Crippen LogP) is 2.35. The van der Waals surface area contributed by atoms with Gasteiger partial charge in [0, 0.05) is 18.2 Å². The van der Waals surface area contributed by atoms with E-state index in [0.29, 0.717) is 12.3 Å². The number of hydrogen-bond acceptors (Lipinski definition) is 3. The highest BCUT2D eigenvalue weighted by molar-refractivity contribution is 5.34. The van der Waals surface area contributed by atoms with E-state index in [1.165, 1.54) is 0 Å². The van der Waals surface area contributed by atoms with Crippen LogP contribution in [0.5, 0.6) is 5.75 Å². The van der Waals surface area contributed by atoms with Gasteiger partial charge in [0.25, 0.3) is 0 Å². The van der Waals surface area contributed by atoms with Gasteiger partial charge >= 0.3 is 0 Å². The molecule has 0 radical (unpaired) electrons. The van der Waals surface area contributed by atoms with E-state index in [1.54, 1.807) is 6.07 Å². The van der Waals surface area contributed by atoms with Crippen LogP contribution in [0.1, 0.15) is 44.2 Å². The number of aliphatic hydroxyl groups is 1. The molecule has 17 heavy (non-hydrogen) atoms. The van der Waals surface area contributed by atoms with Gasteiger partial charge in [0.15, 0.2) is 0 Å². The Labute approximate surface area is 102 Å². The fourth-order valence-corrected chi connectivity index (χ4v) is 2.33. The normalized spacial score (nSPS) is 19.6. The summed E-state index contributed by atoms with van der Waals surface area (Å²) < 4.78 is 0.